The molecule has 0 amide bonds. The second kappa shape index (κ2) is 12.3. The minimum atomic E-state index is -0.909. The zero-order valence-electron chi connectivity index (χ0n) is 23.5. The van der Waals surface area contributed by atoms with Crippen LogP contribution < -0.4 is 10.1 Å². The predicted molar refractivity (Wildman–Crippen MR) is 161 cm³/mol. The molecule has 208 valence electrons. The van der Waals surface area contributed by atoms with Gasteiger partial charge in [0.15, 0.2) is 0 Å². The molecule has 0 aliphatic carbocycles. The summed E-state index contributed by atoms with van der Waals surface area (Å²) in [7, 11) is 0. The molecule has 3 aliphatic heterocycles. The van der Waals surface area contributed by atoms with E-state index in [1.165, 1.54) is 23.1 Å². The van der Waals surface area contributed by atoms with Crippen molar-refractivity contribution in [3.63, 3.8) is 0 Å². The molecule has 6 heteroatoms. The predicted octanol–water partition coefficient (Wildman–Crippen LogP) is 5.78. The number of likely N-dealkylation sites (tertiary alicyclic amines) is 1. The third kappa shape index (κ3) is 6.78. The van der Waals surface area contributed by atoms with Gasteiger partial charge in [0.25, 0.3) is 0 Å². The van der Waals surface area contributed by atoms with Crippen LogP contribution in [0.1, 0.15) is 50.3 Å². The smallest absolute Gasteiger partial charge is 0.127 e. The minimum absolute atomic E-state index is 0.120. The highest BCUT2D eigenvalue weighted by atomic mass is 35.5. The number of allylic oxidation sites excluding steroid dienone is 2. The van der Waals surface area contributed by atoms with Crippen LogP contribution >= 0.6 is 11.6 Å². The van der Waals surface area contributed by atoms with Crippen LogP contribution in [-0.2, 0) is 12.0 Å². The Morgan fingerprint density at radius 2 is 2.03 bits per heavy atom. The fourth-order valence-corrected chi connectivity index (χ4v) is 6.10. The van der Waals surface area contributed by atoms with Crippen molar-refractivity contribution in [1.29, 1.82) is 0 Å². The third-order valence-electron chi connectivity index (χ3n) is 8.30. The van der Waals surface area contributed by atoms with E-state index >= 15 is 0 Å². The number of halogens is 1. The highest BCUT2D eigenvalue weighted by Crippen LogP contribution is 2.39. The molecular formula is C33H42ClN3O2. The molecule has 3 aliphatic rings. The van der Waals surface area contributed by atoms with Gasteiger partial charge in [0.1, 0.15) is 12.4 Å². The summed E-state index contributed by atoms with van der Waals surface area (Å²) in [6.45, 7) is 12.0. The maximum absolute atomic E-state index is 10.7. The average Bonchev–Trinajstić information content (AvgIpc) is 3.33. The van der Waals surface area contributed by atoms with E-state index in [1.54, 1.807) is 0 Å². The summed E-state index contributed by atoms with van der Waals surface area (Å²) in [4.78, 5) is 5.25. The lowest BCUT2D eigenvalue weighted by molar-refractivity contribution is 0.0785. The van der Waals surface area contributed by atoms with Crippen LogP contribution in [0.4, 0.5) is 0 Å². The number of dihydropyridines is 1. The number of aliphatic hydroxyl groups is 1. The quantitative estimate of drug-likeness (QED) is 0.416. The number of likely N-dealkylation sites (N-methyl/N-ethyl adjacent to an activating group) is 1. The number of nitrogens with zero attached hydrogens (tertiary/aromatic N) is 2. The molecule has 5 nitrogen and oxygen atoms in total. The van der Waals surface area contributed by atoms with Crippen molar-refractivity contribution in [2.75, 3.05) is 39.3 Å². The Bertz CT molecular complexity index is 1230. The Kier molecular flexibility index (Phi) is 8.82. The molecule has 3 heterocycles. The fourth-order valence-electron chi connectivity index (χ4n) is 5.98. The van der Waals surface area contributed by atoms with E-state index < -0.39 is 5.60 Å². The van der Waals surface area contributed by atoms with E-state index in [1.807, 2.05) is 44.3 Å². The Balaban J connectivity index is 1.26. The van der Waals surface area contributed by atoms with Crippen molar-refractivity contribution in [1.82, 2.24) is 15.1 Å². The number of benzene rings is 2. The molecule has 1 saturated heterocycles. The van der Waals surface area contributed by atoms with Crippen LogP contribution in [0.5, 0.6) is 5.75 Å². The SMILES string of the molecule is CCN(CCc1ccc(Cl)cc1)C1CCN(CC/C=C2/C3=CC=CNC3COc3ccc(C(C)(C)O)cc32)C1. The Labute approximate surface area is 238 Å². The molecule has 2 unspecified atom stereocenters. The van der Waals surface area contributed by atoms with E-state index in [0.717, 1.165) is 67.5 Å². The van der Waals surface area contributed by atoms with Crippen molar-refractivity contribution in [3.8, 4) is 5.75 Å². The zero-order chi connectivity index (χ0) is 27.4. The average molecular weight is 548 g/mol. The zero-order valence-corrected chi connectivity index (χ0v) is 24.3. The largest absolute Gasteiger partial charge is 0.490 e. The van der Waals surface area contributed by atoms with Gasteiger partial charge in [-0.15, -0.1) is 0 Å². The molecule has 0 aromatic heterocycles. The second-order valence-electron chi connectivity index (χ2n) is 11.4. The van der Waals surface area contributed by atoms with E-state index in [-0.39, 0.29) is 6.04 Å². The maximum atomic E-state index is 10.7. The summed E-state index contributed by atoms with van der Waals surface area (Å²) in [5.74, 6) is 0.881. The summed E-state index contributed by atoms with van der Waals surface area (Å²) in [6.07, 6.45) is 11.9. The number of rotatable bonds is 9. The van der Waals surface area contributed by atoms with Crippen LogP contribution in [-0.4, -0.2) is 66.3 Å². The highest BCUT2D eigenvalue weighted by Gasteiger charge is 2.29. The van der Waals surface area contributed by atoms with Crippen LogP contribution in [0.2, 0.25) is 5.02 Å². The van der Waals surface area contributed by atoms with Crippen molar-refractivity contribution < 1.29 is 9.84 Å². The van der Waals surface area contributed by atoms with Crippen molar-refractivity contribution in [2.45, 2.75) is 57.7 Å². The van der Waals surface area contributed by atoms with E-state index in [9.17, 15) is 5.11 Å². The van der Waals surface area contributed by atoms with Crippen LogP contribution in [0.3, 0.4) is 0 Å². The molecule has 5 rings (SSSR count). The monoisotopic (exact) mass is 547 g/mol. The summed E-state index contributed by atoms with van der Waals surface area (Å²) in [5.41, 5.74) is 4.87. The van der Waals surface area contributed by atoms with Gasteiger partial charge < -0.3 is 20.1 Å². The summed E-state index contributed by atoms with van der Waals surface area (Å²) >= 11 is 6.06. The van der Waals surface area contributed by atoms with Gasteiger partial charge in [0, 0.05) is 36.3 Å². The standard InChI is InChI=1S/C33H42ClN3O2/c1-4-37(20-15-24-9-12-26(34)13-10-24)27-16-19-36(22-27)18-6-8-28-29-7-5-17-35-31(29)23-39-32-14-11-25(21-30(28)32)33(2,3)38/h5,7-14,17,21,27,31,35,38H,4,6,15-16,18-20,22-23H2,1-3H3/b28-8-. The number of ether oxygens (including phenoxy) is 1. The first kappa shape index (κ1) is 28.0. The Morgan fingerprint density at radius 1 is 1.21 bits per heavy atom. The van der Waals surface area contributed by atoms with Gasteiger partial charge in [0.05, 0.1) is 11.6 Å². The first-order valence-corrected chi connectivity index (χ1v) is 14.7. The molecule has 2 N–H and O–H groups in total. The second-order valence-corrected chi connectivity index (χ2v) is 11.9. The van der Waals surface area contributed by atoms with Gasteiger partial charge in [-0.2, -0.15) is 0 Å². The van der Waals surface area contributed by atoms with Gasteiger partial charge >= 0.3 is 0 Å². The first-order valence-electron chi connectivity index (χ1n) is 14.4. The summed E-state index contributed by atoms with van der Waals surface area (Å²) in [5, 5.41) is 15.0. The van der Waals surface area contributed by atoms with Gasteiger partial charge in [-0.3, -0.25) is 4.90 Å². The molecule has 2 atom stereocenters. The summed E-state index contributed by atoms with van der Waals surface area (Å²) < 4.78 is 6.23. The first-order chi connectivity index (χ1) is 18.8. The molecule has 0 bridgehead atoms. The number of nitrogens with one attached hydrogen (secondary N) is 1. The third-order valence-corrected chi connectivity index (χ3v) is 8.55. The minimum Gasteiger partial charge on any atom is -0.490 e. The molecule has 39 heavy (non-hydrogen) atoms. The molecule has 2 aromatic carbocycles. The van der Waals surface area contributed by atoms with Crippen LogP contribution in [0.15, 0.2) is 72.5 Å². The van der Waals surface area contributed by atoms with Gasteiger partial charge in [0.2, 0.25) is 0 Å². The van der Waals surface area contributed by atoms with Gasteiger partial charge in [-0.25, -0.2) is 0 Å². The highest BCUT2D eigenvalue weighted by molar-refractivity contribution is 6.30. The van der Waals surface area contributed by atoms with Crippen LogP contribution in [0.25, 0.3) is 5.57 Å². The van der Waals surface area contributed by atoms with E-state index in [0.29, 0.717) is 12.6 Å². The van der Waals surface area contributed by atoms with E-state index in [4.69, 9.17) is 16.3 Å². The Hall–Kier alpha value is -2.57. The maximum Gasteiger partial charge on any atom is 0.127 e. The molecule has 2 aromatic rings. The number of hydrogen-bond donors (Lipinski definition) is 2. The fraction of sp³-hybridized carbons (Fsp3) is 0.455. The van der Waals surface area contributed by atoms with Gasteiger partial charge in [-0.1, -0.05) is 48.9 Å². The lowest BCUT2D eigenvalue weighted by Gasteiger charge is -2.28. The lowest BCUT2D eigenvalue weighted by atomic mass is 9.88. The van der Waals surface area contributed by atoms with Gasteiger partial charge in [-0.05, 0) is 105 Å². The van der Waals surface area contributed by atoms with Crippen molar-refractivity contribution in [2.24, 2.45) is 0 Å². The molecule has 0 saturated carbocycles. The lowest BCUT2D eigenvalue weighted by Crippen LogP contribution is -2.38. The Morgan fingerprint density at radius 3 is 2.79 bits per heavy atom. The molecule has 0 radical (unpaired) electrons. The normalized spacial score (nSPS) is 22.2. The van der Waals surface area contributed by atoms with E-state index in [2.05, 4.69) is 58.5 Å². The molecule has 0 spiro atoms. The number of hydrogen-bond acceptors (Lipinski definition) is 5. The number of fused-ring (bicyclic) bond motifs is 2. The van der Waals surface area contributed by atoms with Crippen molar-refractivity contribution in [3.05, 3.63) is 94.2 Å². The molecular weight excluding hydrogens is 506 g/mol. The van der Waals surface area contributed by atoms with Crippen molar-refractivity contribution >= 4 is 17.2 Å². The topological polar surface area (TPSA) is 48.0 Å². The summed E-state index contributed by atoms with van der Waals surface area (Å²) in [6, 6.07) is 15.1. The molecule has 1 fully saturated rings. The van der Waals surface area contributed by atoms with Crippen LogP contribution in [0, 0.1) is 0 Å².